The summed E-state index contributed by atoms with van der Waals surface area (Å²) in [5, 5.41) is 20.4. The zero-order valence-electron chi connectivity index (χ0n) is 17.6. The number of benzene rings is 1. The van der Waals surface area contributed by atoms with E-state index in [1.807, 2.05) is 36.9 Å². The lowest BCUT2D eigenvalue weighted by Crippen LogP contribution is -2.62. The Hall–Kier alpha value is -1.67. The van der Waals surface area contributed by atoms with Crippen molar-refractivity contribution >= 4 is 29.2 Å². The van der Waals surface area contributed by atoms with E-state index in [1.165, 1.54) is 0 Å². The van der Waals surface area contributed by atoms with E-state index in [2.05, 4.69) is 0 Å². The Morgan fingerprint density at radius 3 is 2.52 bits per heavy atom. The maximum absolute atomic E-state index is 12.8. The Balaban J connectivity index is 2.03. The van der Waals surface area contributed by atoms with Crippen molar-refractivity contribution in [2.45, 2.75) is 57.7 Å². The number of nitrogens with two attached hydrogens (primary N) is 1. The summed E-state index contributed by atoms with van der Waals surface area (Å²) < 4.78 is 0. The van der Waals surface area contributed by atoms with E-state index in [4.69, 9.17) is 17.3 Å². The summed E-state index contributed by atoms with van der Waals surface area (Å²) >= 11 is 6.27. The van der Waals surface area contributed by atoms with Crippen LogP contribution in [0.4, 0.5) is 5.69 Å². The smallest absolute Gasteiger partial charge is 0.324 e. The Kier molecular flexibility index (Phi) is 7.32. The molecule has 0 bridgehead atoms. The minimum Gasteiger partial charge on any atom is -0.480 e. The van der Waals surface area contributed by atoms with Crippen LogP contribution < -0.4 is 10.6 Å². The highest BCUT2D eigenvalue weighted by Gasteiger charge is 2.41. The van der Waals surface area contributed by atoms with E-state index in [1.54, 1.807) is 24.8 Å². The second kappa shape index (κ2) is 9.00. The third kappa shape index (κ3) is 5.28. The highest BCUT2D eigenvalue weighted by atomic mass is 35.5. The average molecular weight is 426 g/mol. The van der Waals surface area contributed by atoms with Gasteiger partial charge >= 0.3 is 5.97 Å². The quantitative estimate of drug-likeness (QED) is 0.590. The normalized spacial score (nSPS) is 20.6. The van der Waals surface area contributed by atoms with Crippen LogP contribution in [0.5, 0.6) is 0 Å². The molecule has 1 amide bonds. The Labute approximate surface area is 177 Å². The number of hydrogen-bond acceptors (Lipinski definition) is 5. The zero-order valence-corrected chi connectivity index (χ0v) is 18.3. The molecule has 0 radical (unpaired) electrons. The molecule has 0 aliphatic carbocycles. The monoisotopic (exact) mass is 425 g/mol. The van der Waals surface area contributed by atoms with Gasteiger partial charge in [-0.2, -0.15) is 0 Å². The highest BCUT2D eigenvalue weighted by molar-refractivity contribution is 6.33. The number of aliphatic hydroxyl groups is 1. The van der Waals surface area contributed by atoms with E-state index >= 15 is 0 Å². The Bertz CT molecular complexity index is 755. The molecule has 4 N–H and O–H groups in total. The van der Waals surface area contributed by atoms with E-state index in [9.17, 15) is 19.8 Å². The number of carbonyl (C=O) groups is 2. The first-order valence-electron chi connectivity index (χ1n) is 9.89. The van der Waals surface area contributed by atoms with Gasteiger partial charge in [0.15, 0.2) is 0 Å². The first kappa shape index (κ1) is 23.6. The molecule has 2 unspecified atom stereocenters. The van der Waals surface area contributed by atoms with E-state index < -0.39 is 17.6 Å². The number of carboxylic acid groups (broad SMARTS) is 1. The van der Waals surface area contributed by atoms with Crippen molar-refractivity contribution < 1.29 is 19.8 Å². The number of nitrogens with zero attached hydrogens (tertiary/aromatic N) is 2. The highest BCUT2D eigenvalue weighted by Crippen LogP contribution is 2.31. The van der Waals surface area contributed by atoms with Crippen LogP contribution in [0.2, 0.25) is 5.02 Å². The molecule has 0 spiro atoms. The van der Waals surface area contributed by atoms with E-state index in [-0.39, 0.29) is 30.3 Å². The molecule has 1 fully saturated rings. The molecule has 7 nitrogen and oxygen atoms in total. The van der Waals surface area contributed by atoms with Crippen LogP contribution in [0.15, 0.2) is 24.3 Å². The van der Waals surface area contributed by atoms with Crippen LogP contribution in [0, 0.1) is 5.92 Å². The number of aliphatic carboxylic acids is 1. The fourth-order valence-electron chi connectivity index (χ4n) is 3.68. The van der Waals surface area contributed by atoms with Gasteiger partial charge < -0.3 is 20.8 Å². The largest absolute Gasteiger partial charge is 0.480 e. The predicted molar refractivity (Wildman–Crippen MR) is 114 cm³/mol. The van der Waals surface area contributed by atoms with Gasteiger partial charge in [-0.25, -0.2) is 0 Å². The van der Waals surface area contributed by atoms with Crippen molar-refractivity contribution in [2.24, 2.45) is 11.7 Å². The van der Waals surface area contributed by atoms with Crippen LogP contribution in [0.25, 0.3) is 0 Å². The molecule has 1 aromatic rings. The van der Waals surface area contributed by atoms with Crippen LogP contribution >= 0.6 is 11.6 Å². The molecular formula is C21H32ClN3O4. The fraction of sp³-hybridized carbons (Fsp3) is 0.619. The van der Waals surface area contributed by atoms with Crippen LogP contribution in [-0.2, 0) is 9.59 Å². The summed E-state index contributed by atoms with van der Waals surface area (Å²) in [7, 11) is 0. The number of piperazine rings is 1. The van der Waals surface area contributed by atoms with Gasteiger partial charge in [-0.05, 0) is 38.3 Å². The molecule has 0 saturated carbocycles. The average Bonchev–Trinajstić information content (AvgIpc) is 2.62. The summed E-state index contributed by atoms with van der Waals surface area (Å²) in [6, 6.07) is 7.26. The SMILES string of the molecule is CC(C)C(N)(CC(O)CCN1CC(=O)N(c2ccccc2Cl)CC1(C)C)C(=O)O. The molecule has 8 heteroatoms. The van der Waals surface area contributed by atoms with E-state index in [0.29, 0.717) is 30.2 Å². The van der Waals surface area contributed by atoms with Gasteiger partial charge in [0.25, 0.3) is 0 Å². The topological polar surface area (TPSA) is 107 Å². The van der Waals surface area contributed by atoms with Crippen molar-refractivity contribution in [1.29, 1.82) is 0 Å². The fourth-order valence-corrected chi connectivity index (χ4v) is 3.91. The van der Waals surface area contributed by atoms with Crippen molar-refractivity contribution in [3.05, 3.63) is 29.3 Å². The molecule has 29 heavy (non-hydrogen) atoms. The molecule has 1 heterocycles. The third-order valence-corrected chi connectivity index (χ3v) is 6.23. The third-order valence-electron chi connectivity index (χ3n) is 5.91. The van der Waals surface area contributed by atoms with Gasteiger partial charge in [-0.3, -0.25) is 14.5 Å². The van der Waals surface area contributed by atoms with Crippen LogP contribution in [0.3, 0.4) is 0 Å². The number of carboxylic acids is 1. The standard InChI is InChI=1S/C21H32ClN3O4/c1-14(2)21(23,19(28)29)11-15(26)9-10-24-12-18(27)25(13-20(24,3)4)17-8-6-5-7-16(17)22/h5-8,14-15,26H,9-13,23H2,1-4H3,(H,28,29). The molecule has 1 aliphatic heterocycles. The number of rotatable bonds is 8. The molecule has 2 atom stereocenters. The molecule has 1 saturated heterocycles. The molecule has 0 aromatic heterocycles. The summed E-state index contributed by atoms with van der Waals surface area (Å²) in [5.41, 5.74) is 4.90. The van der Waals surface area contributed by atoms with Crippen LogP contribution in [0.1, 0.15) is 40.5 Å². The molecule has 1 aromatic carbocycles. The van der Waals surface area contributed by atoms with Crippen molar-refractivity contribution in [3.8, 4) is 0 Å². The Morgan fingerprint density at radius 2 is 1.97 bits per heavy atom. The second-order valence-corrected chi connectivity index (χ2v) is 9.22. The lowest BCUT2D eigenvalue weighted by molar-refractivity contribution is -0.146. The number of carbonyl (C=O) groups excluding carboxylic acids is 1. The number of anilines is 1. The van der Waals surface area contributed by atoms with E-state index in [0.717, 1.165) is 0 Å². The molecule has 1 aliphatic rings. The number of amides is 1. The summed E-state index contributed by atoms with van der Waals surface area (Å²) in [6.45, 7) is 8.66. The maximum Gasteiger partial charge on any atom is 0.324 e. The molecule has 2 rings (SSSR count). The molecular weight excluding hydrogens is 394 g/mol. The minimum atomic E-state index is -1.48. The lowest BCUT2D eigenvalue weighted by Gasteiger charge is -2.47. The lowest BCUT2D eigenvalue weighted by atomic mass is 9.81. The van der Waals surface area contributed by atoms with Crippen LogP contribution in [-0.4, -0.2) is 63.8 Å². The number of para-hydroxylation sites is 1. The van der Waals surface area contributed by atoms with Gasteiger partial charge in [-0.1, -0.05) is 37.6 Å². The van der Waals surface area contributed by atoms with Crippen molar-refractivity contribution in [1.82, 2.24) is 4.90 Å². The van der Waals surface area contributed by atoms with Gasteiger partial charge in [0.1, 0.15) is 5.54 Å². The van der Waals surface area contributed by atoms with Gasteiger partial charge in [0.05, 0.1) is 23.4 Å². The van der Waals surface area contributed by atoms with Gasteiger partial charge in [0.2, 0.25) is 5.91 Å². The van der Waals surface area contributed by atoms with Crippen molar-refractivity contribution in [2.75, 3.05) is 24.5 Å². The second-order valence-electron chi connectivity index (χ2n) is 8.81. The summed E-state index contributed by atoms with van der Waals surface area (Å²) in [5.74, 6) is -1.49. The van der Waals surface area contributed by atoms with Gasteiger partial charge in [0, 0.05) is 25.0 Å². The number of hydrogen-bond donors (Lipinski definition) is 3. The number of halogens is 1. The summed E-state index contributed by atoms with van der Waals surface area (Å²) in [6.07, 6.45) is -0.568. The number of aliphatic hydroxyl groups excluding tert-OH is 1. The van der Waals surface area contributed by atoms with Gasteiger partial charge in [-0.15, -0.1) is 0 Å². The first-order valence-corrected chi connectivity index (χ1v) is 10.3. The minimum absolute atomic E-state index is 0.0338. The molecule has 162 valence electrons. The Morgan fingerprint density at radius 1 is 1.34 bits per heavy atom. The van der Waals surface area contributed by atoms with Crippen molar-refractivity contribution in [3.63, 3.8) is 0 Å². The first-order chi connectivity index (χ1) is 13.4. The predicted octanol–water partition coefficient (Wildman–Crippen LogP) is 2.35. The summed E-state index contributed by atoms with van der Waals surface area (Å²) in [4.78, 5) is 28.0. The maximum atomic E-state index is 12.8. The zero-order chi connectivity index (χ0) is 22.0.